The van der Waals surface area contributed by atoms with E-state index in [1.165, 1.54) is 34.5 Å². The third kappa shape index (κ3) is 3.87. The third-order valence-corrected chi connectivity index (χ3v) is 2.74. The Labute approximate surface area is 117 Å². The molecular weight excluding hydrogens is 270 g/mol. The van der Waals surface area contributed by atoms with Gasteiger partial charge in [0, 0.05) is 13.1 Å². The number of likely N-dealkylation sites (N-methyl/N-ethyl adjacent to an activating group) is 1. The van der Waals surface area contributed by atoms with Crippen molar-refractivity contribution in [3.05, 3.63) is 28.8 Å². The number of halogens is 1. The molecule has 5 nitrogen and oxygen atoms in total. The van der Waals surface area contributed by atoms with Crippen LogP contribution in [0.15, 0.2) is 18.2 Å². The molecule has 1 aromatic rings. The van der Waals surface area contributed by atoms with E-state index in [0.29, 0.717) is 16.5 Å². The largest absolute Gasteiger partial charge is 0.493 e. The Morgan fingerprint density at radius 2 is 1.95 bits per heavy atom. The van der Waals surface area contributed by atoms with Crippen LogP contribution in [0.2, 0.25) is 5.02 Å². The van der Waals surface area contributed by atoms with Gasteiger partial charge in [0.15, 0.2) is 11.5 Å². The molecule has 0 radical (unpaired) electrons. The van der Waals surface area contributed by atoms with Crippen molar-refractivity contribution in [3.63, 3.8) is 0 Å². The zero-order chi connectivity index (χ0) is 14.4. The minimum atomic E-state index is -0.284. The molecule has 0 fully saturated rings. The van der Waals surface area contributed by atoms with E-state index in [9.17, 15) is 4.79 Å². The van der Waals surface area contributed by atoms with Gasteiger partial charge in [-0.05, 0) is 23.8 Å². The SMILES string of the molecule is COc1cc(/C=C/C(=O)N(C)OC)cc(Cl)c1OC. The zero-order valence-electron chi connectivity index (χ0n) is 11.3. The number of methoxy groups -OCH3 is 2. The van der Waals surface area contributed by atoms with Gasteiger partial charge >= 0.3 is 0 Å². The van der Waals surface area contributed by atoms with Gasteiger partial charge in [0.1, 0.15) is 0 Å². The van der Waals surface area contributed by atoms with Gasteiger partial charge < -0.3 is 9.47 Å². The van der Waals surface area contributed by atoms with E-state index in [2.05, 4.69) is 0 Å². The van der Waals surface area contributed by atoms with Gasteiger partial charge in [0.25, 0.3) is 5.91 Å². The summed E-state index contributed by atoms with van der Waals surface area (Å²) in [5.41, 5.74) is 0.723. The average molecular weight is 286 g/mol. The van der Waals surface area contributed by atoms with E-state index in [0.717, 1.165) is 10.6 Å². The number of rotatable bonds is 5. The zero-order valence-corrected chi connectivity index (χ0v) is 12.0. The first-order valence-corrected chi connectivity index (χ1v) is 5.82. The number of ether oxygens (including phenoxy) is 2. The maximum absolute atomic E-state index is 11.5. The summed E-state index contributed by atoms with van der Waals surface area (Å²) in [6.07, 6.45) is 2.99. The van der Waals surface area contributed by atoms with Crippen molar-refractivity contribution in [2.75, 3.05) is 28.4 Å². The monoisotopic (exact) mass is 285 g/mol. The Kier molecular flexibility index (Phi) is 5.66. The molecule has 0 spiro atoms. The highest BCUT2D eigenvalue weighted by Gasteiger charge is 2.10. The normalized spacial score (nSPS) is 10.6. The van der Waals surface area contributed by atoms with Crippen molar-refractivity contribution in [2.24, 2.45) is 0 Å². The lowest BCUT2D eigenvalue weighted by molar-refractivity contribution is -0.162. The predicted octanol–water partition coefficient (Wildman–Crippen LogP) is 2.39. The maximum atomic E-state index is 11.5. The van der Waals surface area contributed by atoms with Crippen LogP contribution in [-0.4, -0.2) is 39.3 Å². The molecule has 19 heavy (non-hydrogen) atoms. The lowest BCUT2D eigenvalue weighted by Gasteiger charge is -2.11. The minimum absolute atomic E-state index is 0.284. The summed E-state index contributed by atoms with van der Waals surface area (Å²) < 4.78 is 10.3. The summed E-state index contributed by atoms with van der Waals surface area (Å²) in [6, 6.07) is 3.40. The number of hydrogen-bond acceptors (Lipinski definition) is 4. The van der Waals surface area contributed by atoms with Crippen molar-refractivity contribution in [1.82, 2.24) is 5.06 Å². The summed E-state index contributed by atoms with van der Waals surface area (Å²) in [7, 11) is 5.97. The fourth-order valence-electron chi connectivity index (χ4n) is 1.40. The van der Waals surface area contributed by atoms with Crippen LogP contribution in [0.5, 0.6) is 11.5 Å². The summed E-state index contributed by atoms with van der Waals surface area (Å²) in [4.78, 5) is 16.3. The molecular formula is C13H16ClNO4. The van der Waals surface area contributed by atoms with Gasteiger partial charge in [-0.25, -0.2) is 5.06 Å². The third-order valence-electron chi connectivity index (χ3n) is 2.46. The predicted molar refractivity (Wildman–Crippen MR) is 73.4 cm³/mol. The van der Waals surface area contributed by atoms with E-state index >= 15 is 0 Å². The molecule has 0 saturated heterocycles. The Bertz CT molecular complexity index is 488. The standard InChI is InChI=1S/C13H16ClNO4/c1-15(19-4)12(16)6-5-9-7-10(14)13(18-3)11(8-9)17-2/h5-8H,1-4H3/b6-5+. The van der Waals surface area contributed by atoms with Gasteiger partial charge in [-0.15, -0.1) is 0 Å². The number of nitrogens with zero attached hydrogens (tertiary/aromatic N) is 1. The highest BCUT2D eigenvalue weighted by atomic mass is 35.5. The fourth-order valence-corrected chi connectivity index (χ4v) is 1.69. The second-order valence-corrected chi connectivity index (χ2v) is 4.00. The van der Waals surface area contributed by atoms with E-state index in [4.69, 9.17) is 25.9 Å². The van der Waals surface area contributed by atoms with E-state index in [1.54, 1.807) is 18.2 Å². The molecule has 0 unspecified atom stereocenters. The quantitative estimate of drug-likeness (QED) is 0.616. The van der Waals surface area contributed by atoms with Crippen molar-refractivity contribution in [2.45, 2.75) is 0 Å². The topological polar surface area (TPSA) is 48.0 Å². The lowest BCUT2D eigenvalue weighted by atomic mass is 10.2. The van der Waals surface area contributed by atoms with Crippen LogP contribution in [0.4, 0.5) is 0 Å². The van der Waals surface area contributed by atoms with Crippen molar-refractivity contribution in [1.29, 1.82) is 0 Å². The van der Waals surface area contributed by atoms with Crippen LogP contribution in [0.1, 0.15) is 5.56 Å². The molecule has 0 aliphatic carbocycles. The smallest absolute Gasteiger partial charge is 0.269 e. The summed E-state index contributed by atoms with van der Waals surface area (Å²) in [5, 5.41) is 1.52. The molecule has 1 rings (SSSR count). The van der Waals surface area contributed by atoms with Crippen LogP contribution in [0.25, 0.3) is 6.08 Å². The molecule has 0 aromatic heterocycles. The molecule has 0 aliphatic rings. The summed E-state index contributed by atoms with van der Waals surface area (Å²) in [6.45, 7) is 0. The van der Waals surface area contributed by atoms with Crippen molar-refractivity contribution >= 4 is 23.6 Å². The number of carbonyl (C=O) groups excluding carboxylic acids is 1. The Hall–Kier alpha value is -1.72. The van der Waals surface area contributed by atoms with E-state index in [1.807, 2.05) is 0 Å². The minimum Gasteiger partial charge on any atom is -0.493 e. The first-order valence-electron chi connectivity index (χ1n) is 5.44. The molecule has 0 atom stereocenters. The van der Waals surface area contributed by atoms with E-state index in [-0.39, 0.29) is 5.91 Å². The molecule has 0 heterocycles. The van der Waals surface area contributed by atoms with Gasteiger partial charge in [-0.2, -0.15) is 0 Å². The number of hydroxylamine groups is 2. The first-order chi connectivity index (χ1) is 9.03. The fraction of sp³-hybridized carbons (Fsp3) is 0.308. The molecule has 0 bridgehead atoms. The number of carbonyl (C=O) groups is 1. The molecule has 1 amide bonds. The average Bonchev–Trinajstić information content (AvgIpc) is 2.42. The van der Waals surface area contributed by atoms with Crippen LogP contribution in [0, 0.1) is 0 Å². The second kappa shape index (κ2) is 7.01. The van der Waals surface area contributed by atoms with Crippen LogP contribution >= 0.6 is 11.6 Å². The first kappa shape index (κ1) is 15.3. The molecule has 1 aromatic carbocycles. The maximum Gasteiger partial charge on any atom is 0.269 e. The lowest BCUT2D eigenvalue weighted by Crippen LogP contribution is -2.22. The second-order valence-electron chi connectivity index (χ2n) is 3.59. The Morgan fingerprint density at radius 3 is 2.47 bits per heavy atom. The van der Waals surface area contributed by atoms with Gasteiger partial charge in [-0.3, -0.25) is 9.63 Å². The van der Waals surface area contributed by atoms with E-state index < -0.39 is 0 Å². The Balaban J connectivity index is 3.00. The molecule has 0 aliphatic heterocycles. The summed E-state index contributed by atoms with van der Waals surface area (Å²) >= 11 is 6.06. The summed E-state index contributed by atoms with van der Waals surface area (Å²) in [5.74, 6) is 0.678. The number of hydrogen-bond donors (Lipinski definition) is 0. The number of amides is 1. The van der Waals surface area contributed by atoms with Crippen LogP contribution < -0.4 is 9.47 Å². The van der Waals surface area contributed by atoms with Gasteiger partial charge in [0.05, 0.1) is 26.4 Å². The molecule has 104 valence electrons. The molecule has 0 saturated carbocycles. The van der Waals surface area contributed by atoms with Crippen LogP contribution in [0.3, 0.4) is 0 Å². The highest BCUT2D eigenvalue weighted by Crippen LogP contribution is 2.36. The highest BCUT2D eigenvalue weighted by molar-refractivity contribution is 6.32. The van der Waals surface area contributed by atoms with Gasteiger partial charge in [0.2, 0.25) is 0 Å². The number of benzene rings is 1. The Morgan fingerprint density at radius 1 is 1.26 bits per heavy atom. The molecule has 6 heteroatoms. The molecule has 0 N–H and O–H groups in total. The van der Waals surface area contributed by atoms with Crippen molar-refractivity contribution < 1.29 is 19.1 Å². The van der Waals surface area contributed by atoms with Gasteiger partial charge in [-0.1, -0.05) is 11.6 Å². The van der Waals surface area contributed by atoms with Crippen LogP contribution in [-0.2, 0) is 9.63 Å². The van der Waals surface area contributed by atoms with Crippen molar-refractivity contribution in [3.8, 4) is 11.5 Å².